The molecule has 1 atom stereocenters. The van der Waals surface area contributed by atoms with E-state index in [0.717, 1.165) is 24.2 Å². The molecule has 1 saturated heterocycles. The third-order valence-electron chi connectivity index (χ3n) is 3.91. The van der Waals surface area contributed by atoms with Gasteiger partial charge in [-0.3, -0.25) is 9.48 Å². The Bertz CT molecular complexity index is 670. The van der Waals surface area contributed by atoms with Crippen molar-refractivity contribution in [3.63, 3.8) is 0 Å². The Morgan fingerprint density at radius 3 is 3.09 bits per heavy atom. The summed E-state index contributed by atoms with van der Waals surface area (Å²) in [6, 6.07) is 7.76. The molecule has 2 aromatic rings. The molecule has 1 aromatic heterocycles. The van der Waals surface area contributed by atoms with Crippen molar-refractivity contribution >= 4 is 17.5 Å². The summed E-state index contributed by atoms with van der Waals surface area (Å²) in [6.45, 7) is 2.27. The highest BCUT2D eigenvalue weighted by molar-refractivity contribution is 6.30. The van der Waals surface area contributed by atoms with Gasteiger partial charge in [0.2, 0.25) is 5.91 Å². The Balaban J connectivity index is 1.78. The summed E-state index contributed by atoms with van der Waals surface area (Å²) in [4.78, 5) is 14.6. The zero-order valence-corrected chi connectivity index (χ0v) is 13.3. The van der Waals surface area contributed by atoms with E-state index in [2.05, 4.69) is 10.4 Å². The zero-order valence-electron chi connectivity index (χ0n) is 12.5. The quantitative estimate of drug-likeness (QED) is 0.938. The number of hydrogen-bond donors (Lipinski definition) is 1. The van der Waals surface area contributed by atoms with Gasteiger partial charge < -0.3 is 10.2 Å². The van der Waals surface area contributed by atoms with E-state index in [1.165, 1.54) is 0 Å². The van der Waals surface area contributed by atoms with E-state index >= 15 is 0 Å². The van der Waals surface area contributed by atoms with Crippen LogP contribution in [0.2, 0.25) is 5.02 Å². The molecule has 1 fully saturated rings. The normalized spacial score (nSPS) is 18.5. The summed E-state index contributed by atoms with van der Waals surface area (Å²) in [7, 11) is 1.85. The number of aryl methyl sites for hydroxylation is 1. The molecule has 0 spiro atoms. The van der Waals surface area contributed by atoms with Gasteiger partial charge in [-0.05, 0) is 23.3 Å². The zero-order chi connectivity index (χ0) is 15.5. The minimum absolute atomic E-state index is 0.0246. The van der Waals surface area contributed by atoms with Gasteiger partial charge in [0.15, 0.2) is 0 Å². The Labute approximate surface area is 134 Å². The molecule has 3 rings (SSSR count). The van der Waals surface area contributed by atoms with Crippen molar-refractivity contribution in [2.45, 2.75) is 12.5 Å². The Morgan fingerprint density at radius 1 is 1.50 bits per heavy atom. The van der Waals surface area contributed by atoms with Crippen LogP contribution in [-0.2, 0) is 18.3 Å². The van der Waals surface area contributed by atoms with Crippen LogP contribution >= 0.6 is 11.6 Å². The molecular weight excluding hydrogens is 300 g/mol. The molecule has 2 heterocycles. The van der Waals surface area contributed by atoms with Crippen LogP contribution in [0.1, 0.15) is 17.2 Å². The predicted molar refractivity (Wildman–Crippen MR) is 85.7 cm³/mol. The van der Waals surface area contributed by atoms with Crippen LogP contribution in [0.25, 0.3) is 0 Å². The van der Waals surface area contributed by atoms with Crippen LogP contribution < -0.4 is 5.32 Å². The Hall–Kier alpha value is -1.85. The highest BCUT2D eigenvalue weighted by Crippen LogP contribution is 2.25. The van der Waals surface area contributed by atoms with E-state index in [-0.39, 0.29) is 11.9 Å². The first-order valence-electron chi connectivity index (χ1n) is 7.36. The lowest BCUT2D eigenvalue weighted by Crippen LogP contribution is -2.49. The van der Waals surface area contributed by atoms with E-state index < -0.39 is 0 Å². The minimum atomic E-state index is 0.0246. The highest BCUT2D eigenvalue weighted by Gasteiger charge is 2.28. The molecule has 1 aliphatic rings. The van der Waals surface area contributed by atoms with E-state index in [1.54, 1.807) is 10.9 Å². The fraction of sp³-hybridized carbons (Fsp3) is 0.375. The number of hydrogen-bond acceptors (Lipinski definition) is 3. The van der Waals surface area contributed by atoms with Crippen molar-refractivity contribution in [3.05, 3.63) is 52.8 Å². The van der Waals surface area contributed by atoms with Crippen LogP contribution in [0.5, 0.6) is 0 Å². The number of piperazine rings is 1. The fourth-order valence-electron chi connectivity index (χ4n) is 2.85. The molecule has 6 heteroatoms. The number of rotatable bonds is 3. The van der Waals surface area contributed by atoms with Gasteiger partial charge in [0, 0.05) is 37.9 Å². The minimum Gasteiger partial charge on any atom is -0.333 e. The third kappa shape index (κ3) is 3.31. The average Bonchev–Trinajstić information content (AvgIpc) is 2.92. The maximum Gasteiger partial charge on any atom is 0.227 e. The largest absolute Gasteiger partial charge is 0.333 e. The lowest BCUT2D eigenvalue weighted by atomic mass is 10.0. The molecule has 0 radical (unpaired) electrons. The maximum atomic E-state index is 12.7. The summed E-state index contributed by atoms with van der Waals surface area (Å²) in [5.41, 5.74) is 2.01. The molecule has 1 aromatic carbocycles. The Morgan fingerprint density at radius 2 is 2.36 bits per heavy atom. The summed E-state index contributed by atoms with van der Waals surface area (Å²) in [6.07, 6.45) is 4.01. The van der Waals surface area contributed by atoms with Gasteiger partial charge in [0.05, 0.1) is 18.7 Å². The number of carbonyl (C=O) groups excluding carboxylic acids is 1. The second-order valence-electron chi connectivity index (χ2n) is 5.56. The van der Waals surface area contributed by atoms with Gasteiger partial charge in [-0.25, -0.2) is 0 Å². The first-order valence-corrected chi connectivity index (χ1v) is 7.74. The van der Waals surface area contributed by atoms with Crippen molar-refractivity contribution in [1.29, 1.82) is 0 Å². The van der Waals surface area contributed by atoms with Gasteiger partial charge in [-0.15, -0.1) is 0 Å². The molecule has 1 N–H and O–H groups in total. The van der Waals surface area contributed by atoms with Crippen LogP contribution in [0, 0.1) is 0 Å². The SMILES string of the molecule is Cn1cc(CC(=O)N2CCNCC2c2cccc(Cl)c2)cn1. The molecule has 116 valence electrons. The second-order valence-corrected chi connectivity index (χ2v) is 6.00. The molecule has 1 amide bonds. The van der Waals surface area contributed by atoms with Gasteiger partial charge in [-0.2, -0.15) is 5.10 Å². The standard InChI is InChI=1S/C16H19ClN4O/c1-20-11-12(9-19-20)7-16(22)21-6-5-18-10-15(21)13-3-2-4-14(17)8-13/h2-4,8-9,11,15,18H,5-7,10H2,1H3. The average molecular weight is 319 g/mol. The van der Waals surface area contributed by atoms with Crippen LogP contribution in [0.3, 0.4) is 0 Å². The van der Waals surface area contributed by atoms with Crippen molar-refractivity contribution in [2.75, 3.05) is 19.6 Å². The van der Waals surface area contributed by atoms with Gasteiger partial charge >= 0.3 is 0 Å². The van der Waals surface area contributed by atoms with E-state index in [0.29, 0.717) is 18.0 Å². The molecule has 5 nitrogen and oxygen atoms in total. The highest BCUT2D eigenvalue weighted by atomic mass is 35.5. The molecular formula is C16H19ClN4O. The number of nitrogens with one attached hydrogen (secondary N) is 1. The van der Waals surface area contributed by atoms with Crippen LogP contribution in [0.15, 0.2) is 36.7 Å². The molecule has 1 aliphatic heterocycles. The predicted octanol–water partition coefficient (Wildman–Crippen LogP) is 1.79. The maximum absolute atomic E-state index is 12.7. The number of nitrogens with zero attached hydrogens (tertiary/aromatic N) is 3. The number of benzene rings is 1. The van der Waals surface area contributed by atoms with Crippen molar-refractivity contribution in [2.24, 2.45) is 7.05 Å². The summed E-state index contributed by atoms with van der Waals surface area (Å²) in [5.74, 6) is 0.125. The molecule has 0 bridgehead atoms. The van der Waals surface area contributed by atoms with E-state index in [1.807, 2.05) is 42.4 Å². The first kappa shape index (κ1) is 15.1. The monoisotopic (exact) mass is 318 g/mol. The number of carbonyl (C=O) groups is 1. The van der Waals surface area contributed by atoms with Gasteiger partial charge in [-0.1, -0.05) is 23.7 Å². The second kappa shape index (κ2) is 6.50. The lowest BCUT2D eigenvalue weighted by Gasteiger charge is -2.36. The fourth-order valence-corrected chi connectivity index (χ4v) is 3.05. The Kier molecular flexibility index (Phi) is 4.45. The smallest absolute Gasteiger partial charge is 0.227 e. The van der Waals surface area contributed by atoms with Crippen LogP contribution in [0.4, 0.5) is 0 Å². The van der Waals surface area contributed by atoms with Gasteiger partial charge in [0.1, 0.15) is 0 Å². The van der Waals surface area contributed by atoms with Crippen molar-refractivity contribution in [1.82, 2.24) is 20.0 Å². The summed E-state index contributed by atoms with van der Waals surface area (Å²) < 4.78 is 1.72. The summed E-state index contributed by atoms with van der Waals surface area (Å²) >= 11 is 6.09. The third-order valence-corrected chi connectivity index (χ3v) is 4.15. The van der Waals surface area contributed by atoms with E-state index in [9.17, 15) is 4.79 Å². The number of amides is 1. The topological polar surface area (TPSA) is 50.2 Å². The van der Waals surface area contributed by atoms with E-state index in [4.69, 9.17) is 11.6 Å². The van der Waals surface area contributed by atoms with Gasteiger partial charge in [0.25, 0.3) is 0 Å². The van der Waals surface area contributed by atoms with Crippen molar-refractivity contribution in [3.8, 4) is 0 Å². The number of halogens is 1. The first-order chi connectivity index (χ1) is 10.6. The summed E-state index contributed by atoms with van der Waals surface area (Å²) in [5, 5.41) is 8.17. The molecule has 22 heavy (non-hydrogen) atoms. The molecule has 1 unspecified atom stereocenters. The number of aromatic nitrogens is 2. The van der Waals surface area contributed by atoms with Crippen LogP contribution in [-0.4, -0.2) is 40.2 Å². The lowest BCUT2D eigenvalue weighted by molar-refractivity contribution is -0.133. The molecule has 0 saturated carbocycles. The molecule has 0 aliphatic carbocycles. The van der Waals surface area contributed by atoms with Crippen molar-refractivity contribution < 1.29 is 4.79 Å².